The Bertz CT molecular complexity index is 338. The van der Waals surface area contributed by atoms with Crippen molar-refractivity contribution >= 4 is 43.3 Å². The molecule has 0 bridgehead atoms. The molecule has 0 aliphatic carbocycles. The number of hydrogen-bond donors (Lipinski definition) is 1. The minimum absolute atomic E-state index is 0.0461. The molecule has 1 aromatic rings. The molecular formula is C9H9Br2NO. The van der Waals surface area contributed by atoms with E-state index in [-0.39, 0.29) is 10.6 Å². The molecular weight excluding hydrogens is 298 g/mol. The SMILES string of the molecule is CC(=O)C(Br)c1cc(Br)ccc1N. The topological polar surface area (TPSA) is 43.1 Å². The molecule has 0 aliphatic heterocycles. The summed E-state index contributed by atoms with van der Waals surface area (Å²) < 4.78 is 0.919. The molecule has 0 saturated heterocycles. The maximum atomic E-state index is 11.1. The summed E-state index contributed by atoms with van der Waals surface area (Å²) in [4.78, 5) is 10.8. The van der Waals surface area contributed by atoms with Crippen LogP contribution < -0.4 is 5.73 Å². The zero-order chi connectivity index (χ0) is 10.0. The first kappa shape index (κ1) is 10.7. The van der Waals surface area contributed by atoms with Crippen molar-refractivity contribution in [3.05, 3.63) is 28.2 Å². The van der Waals surface area contributed by atoms with E-state index in [0.717, 1.165) is 10.0 Å². The Morgan fingerprint density at radius 3 is 2.69 bits per heavy atom. The lowest BCUT2D eigenvalue weighted by molar-refractivity contribution is -0.116. The number of carbonyl (C=O) groups is 1. The second kappa shape index (κ2) is 4.24. The molecule has 70 valence electrons. The molecule has 0 radical (unpaired) electrons. The van der Waals surface area contributed by atoms with E-state index >= 15 is 0 Å². The third kappa shape index (κ3) is 2.54. The van der Waals surface area contributed by atoms with Crippen molar-refractivity contribution in [1.29, 1.82) is 0 Å². The van der Waals surface area contributed by atoms with Gasteiger partial charge in [-0.05, 0) is 30.7 Å². The van der Waals surface area contributed by atoms with Gasteiger partial charge in [0.2, 0.25) is 0 Å². The van der Waals surface area contributed by atoms with Crippen molar-refractivity contribution in [3.8, 4) is 0 Å². The number of nitrogen functional groups attached to an aromatic ring is 1. The molecule has 0 aliphatic rings. The number of benzene rings is 1. The zero-order valence-electron chi connectivity index (χ0n) is 7.05. The fourth-order valence-electron chi connectivity index (χ4n) is 0.984. The number of ketones is 1. The summed E-state index contributed by atoms with van der Waals surface area (Å²) in [6.45, 7) is 1.53. The summed E-state index contributed by atoms with van der Waals surface area (Å²) in [6.07, 6.45) is 0. The summed E-state index contributed by atoms with van der Waals surface area (Å²) in [5, 5.41) is 0. The van der Waals surface area contributed by atoms with Crippen LogP contribution in [-0.2, 0) is 4.79 Å². The van der Waals surface area contributed by atoms with Crippen molar-refractivity contribution in [3.63, 3.8) is 0 Å². The standard InChI is InChI=1S/C9H9Br2NO/c1-5(13)9(11)7-4-6(10)2-3-8(7)12/h2-4,9H,12H2,1H3. The number of anilines is 1. The minimum atomic E-state index is -0.315. The molecule has 2 nitrogen and oxygen atoms in total. The van der Waals surface area contributed by atoms with Gasteiger partial charge in [-0.15, -0.1) is 0 Å². The normalized spacial score (nSPS) is 12.5. The van der Waals surface area contributed by atoms with Gasteiger partial charge in [0.25, 0.3) is 0 Å². The third-order valence-electron chi connectivity index (χ3n) is 1.68. The third-order valence-corrected chi connectivity index (χ3v) is 3.31. The minimum Gasteiger partial charge on any atom is -0.398 e. The summed E-state index contributed by atoms with van der Waals surface area (Å²) in [6, 6.07) is 5.46. The lowest BCUT2D eigenvalue weighted by Gasteiger charge is -2.09. The van der Waals surface area contributed by atoms with Gasteiger partial charge in [-0.25, -0.2) is 0 Å². The number of hydrogen-bond acceptors (Lipinski definition) is 2. The van der Waals surface area contributed by atoms with Gasteiger partial charge in [0.1, 0.15) is 5.78 Å². The smallest absolute Gasteiger partial charge is 0.147 e. The van der Waals surface area contributed by atoms with Crippen molar-refractivity contribution < 1.29 is 4.79 Å². The van der Waals surface area contributed by atoms with E-state index in [1.54, 1.807) is 6.07 Å². The van der Waals surface area contributed by atoms with E-state index in [9.17, 15) is 4.79 Å². The summed E-state index contributed by atoms with van der Waals surface area (Å²) >= 11 is 6.61. The van der Waals surface area contributed by atoms with Gasteiger partial charge in [0.05, 0.1) is 4.83 Å². The zero-order valence-corrected chi connectivity index (χ0v) is 10.2. The molecule has 4 heteroatoms. The van der Waals surface area contributed by atoms with Crippen molar-refractivity contribution in [2.24, 2.45) is 0 Å². The number of nitrogens with two attached hydrogens (primary N) is 1. The Labute approximate surface area is 93.8 Å². The molecule has 0 spiro atoms. The average Bonchev–Trinajstić information content (AvgIpc) is 2.08. The van der Waals surface area contributed by atoms with Crippen LogP contribution in [0.3, 0.4) is 0 Å². The number of carbonyl (C=O) groups excluding carboxylic acids is 1. The molecule has 1 atom stereocenters. The number of rotatable bonds is 2. The Kier molecular flexibility index (Phi) is 3.50. The van der Waals surface area contributed by atoms with Gasteiger partial charge in [-0.3, -0.25) is 4.79 Å². The first-order valence-corrected chi connectivity index (χ1v) is 5.42. The van der Waals surface area contributed by atoms with E-state index < -0.39 is 0 Å². The van der Waals surface area contributed by atoms with E-state index in [1.165, 1.54) is 6.92 Å². The molecule has 1 unspecified atom stereocenters. The summed E-state index contributed by atoms with van der Waals surface area (Å²) in [7, 11) is 0. The highest BCUT2D eigenvalue weighted by atomic mass is 79.9. The Morgan fingerprint density at radius 2 is 2.15 bits per heavy atom. The lowest BCUT2D eigenvalue weighted by Crippen LogP contribution is -2.04. The van der Waals surface area contributed by atoms with Gasteiger partial charge in [0, 0.05) is 10.2 Å². The van der Waals surface area contributed by atoms with Crippen LogP contribution in [0.25, 0.3) is 0 Å². The van der Waals surface area contributed by atoms with Crippen molar-refractivity contribution in [2.45, 2.75) is 11.8 Å². The second-order valence-corrected chi connectivity index (χ2v) is 4.58. The number of halogens is 2. The van der Waals surface area contributed by atoms with Crippen LogP contribution in [0.15, 0.2) is 22.7 Å². The largest absolute Gasteiger partial charge is 0.398 e. The Morgan fingerprint density at radius 1 is 1.54 bits per heavy atom. The second-order valence-electron chi connectivity index (χ2n) is 2.75. The molecule has 13 heavy (non-hydrogen) atoms. The summed E-state index contributed by atoms with van der Waals surface area (Å²) in [5.41, 5.74) is 7.16. The molecule has 0 aromatic heterocycles. The Balaban J connectivity index is 3.12. The Hall–Kier alpha value is -0.350. The molecule has 2 N–H and O–H groups in total. The highest BCUT2D eigenvalue weighted by molar-refractivity contribution is 9.10. The lowest BCUT2D eigenvalue weighted by atomic mass is 10.1. The predicted molar refractivity (Wildman–Crippen MR) is 60.9 cm³/mol. The molecule has 0 amide bonds. The van der Waals surface area contributed by atoms with Gasteiger partial charge in [0.15, 0.2) is 0 Å². The molecule has 0 fully saturated rings. The maximum Gasteiger partial charge on any atom is 0.147 e. The van der Waals surface area contributed by atoms with E-state index in [1.807, 2.05) is 12.1 Å². The molecule has 0 heterocycles. The van der Waals surface area contributed by atoms with Gasteiger partial charge in [-0.2, -0.15) is 0 Å². The number of Topliss-reactive ketones (excluding diaryl/α,β-unsaturated/α-hetero) is 1. The van der Waals surface area contributed by atoms with Crippen molar-refractivity contribution in [2.75, 3.05) is 5.73 Å². The highest BCUT2D eigenvalue weighted by Gasteiger charge is 2.15. The first-order valence-electron chi connectivity index (χ1n) is 3.72. The molecule has 0 saturated carbocycles. The molecule has 1 rings (SSSR count). The average molecular weight is 307 g/mol. The highest BCUT2D eigenvalue weighted by Crippen LogP contribution is 2.30. The van der Waals surface area contributed by atoms with Gasteiger partial charge in [-0.1, -0.05) is 31.9 Å². The van der Waals surface area contributed by atoms with E-state index in [4.69, 9.17) is 5.73 Å². The van der Waals surface area contributed by atoms with Crippen LogP contribution in [0.5, 0.6) is 0 Å². The van der Waals surface area contributed by atoms with Gasteiger partial charge >= 0.3 is 0 Å². The monoisotopic (exact) mass is 305 g/mol. The van der Waals surface area contributed by atoms with Crippen molar-refractivity contribution in [1.82, 2.24) is 0 Å². The van der Waals surface area contributed by atoms with Gasteiger partial charge < -0.3 is 5.73 Å². The van der Waals surface area contributed by atoms with Crippen LogP contribution in [0.2, 0.25) is 0 Å². The summed E-state index contributed by atoms with van der Waals surface area (Å²) in [5.74, 6) is 0.0461. The molecule has 1 aromatic carbocycles. The predicted octanol–water partition coefficient (Wildman–Crippen LogP) is 3.06. The van der Waals surface area contributed by atoms with Crippen LogP contribution in [-0.4, -0.2) is 5.78 Å². The maximum absolute atomic E-state index is 11.1. The van der Waals surface area contributed by atoms with E-state index in [0.29, 0.717) is 5.69 Å². The van der Waals surface area contributed by atoms with Crippen LogP contribution in [0.4, 0.5) is 5.69 Å². The fourth-order valence-corrected chi connectivity index (χ4v) is 1.76. The van der Waals surface area contributed by atoms with E-state index in [2.05, 4.69) is 31.9 Å². The fraction of sp³-hybridized carbons (Fsp3) is 0.222. The van der Waals surface area contributed by atoms with Crippen LogP contribution >= 0.6 is 31.9 Å². The van der Waals surface area contributed by atoms with Crippen LogP contribution in [0.1, 0.15) is 17.3 Å². The first-order chi connectivity index (χ1) is 6.02. The number of alkyl halides is 1. The van der Waals surface area contributed by atoms with Crippen LogP contribution in [0, 0.1) is 0 Å². The quantitative estimate of drug-likeness (QED) is 0.674.